The largest absolute Gasteiger partial charge is 0.481 e. The van der Waals surface area contributed by atoms with Crippen LogP contribution in [0.2, 0.25) is 0 Å². The highest BCUT2D eigenvalue weighted by molar-refractivity contribution is 7.09. The number of hydrogen-bond donors (Lipinski definition) is 1. The molecule has 2 heterocycles. The van der Waals surface area contributed by atoms with Crippen molar-refractivity contribution < 1.29 is 9.90 Å². The molecular weight excluding hydrogens is 236 g/mol. The molecule has 17 heavy (non-hydrogen) atoms. The highest BCUT2D eigenvalue weighted by Gasteiger charge is 2.25. The molecule has 1 aliphatic heterocycles. The molecule has 1 atom stereocenters. The first-order valence-electron chi connectivity index (χ1n) is 6.07. The number of thiazole rings is 1. The summed E-state index contributed by atoms with van der Waals surface area (Å²) in [4.78, 5) is 17.7. The number of hydrogen-bond acceptors (Lipinski definition) is 4. The number of likely N-dealkylation sites (tertiary alicyclic amines) is 1. The molecule has 2 rings (SSSR count). The second kappa shape index (κ2) is 5.60. The van der Waals surface area contributed by atoms with Gasteiger partial charge in [0.05, 0.1) is 18.2 Å². The topological polar surface area (TPSA) is 53.4 Å². The first-order chi connectivity index (χ1) is 8.19. The van der Waals surface area contributed by atoms with Crippen molar-refractivity contribution in [1.82, 2.24) is 9.88 Å². The lowest BCUT2D eigenvalue weighted by Crippen LogP contribution is -2.38. The van der Waals surface area contributed by atoms with Gasteiger partial charge in [0, 0.05) is 11.9 Å². The maximum Gasteiger partial charge on any atom is 0.307 e. The van der Waals surface area contributed by atoms with E-state index in [1.807, 2.05) is 0 Å². The van der Waals surface area contributed by atoms with E-state index in [9.17, 15) is 4.79 Å². The number of aryl methyl sites for hydroxylation is 1. The zero-order valence-corrected chi connectivity index (χ0v) is 10.9. The normalized spacial score (nSPS) is 21.6. The fourth-order valence-electron chi connectivity index (χ4n) is 2.18. The van der Waals surface area contributed by atoms with E-state index in [0.29, 0.717) is 6.54 Å². The van der Waals surface area contributed by atoms with Crippen LogP contribution in [0.25, 0.3) is 0 Å². The van der Waals surface area contributed by atoms with Crippen LogP contribution >= 0.6 is 11.3 Å². The maximum atomic E-state index is 11.0. The van der Waals surface area contributed by atoms with E-state index in [0.717, 1.165) is 43.1 Å². The Morgan fingerprint density at radius 3 is 3.18 bits per heavy atom. The third kappa shape index (κ3) is 3.26. The van der Waals surface area contributed by atoms with E-state index >= 15 is 0 Å². The van der Waals surface area contributed by atoms with Crippen molar-refractivity contribution in [3.05, 3.63) is 16.1 Å². The van der Waals surface area contributed by atoms with Gasteiger partial charge in [-0.25, -0.2) is 4.98 Å². The first-order valence-corrected chi connectivity index (χ1v) is 6.95. The maximum absolute atomic E-state index is 11.0. The highest BCUT2D eigenvalue weighted by atomic mass is 32.1. The standard InChI is InChI=1S/C12H18N2O2S/c1-2-10-8-17-11(13-10)7-14-5-3-4-9(6-14)12(15)16/h8-9H,2-7H2,1H3,(H,15,16). The van der Waals surface area contributed by atoms with Crippen molar-refractivity contribution in [3.63, 3.8) is 0 Å². The number of rotatable bonds is 4. The predicted octanol–water partition coefficient (Wildman–Crippen LogP) is 2.00. The monoisotopic (exact) mass is 254 g/mol. The van der Waals surface area contributed by atoms with Gasteiger partial charge in [0.2, 0.25) is 0 Å². The third-order valence-electron chi connectivity index (χ3n) is 3.18. The van der Waals surface area contributed by atoms with Crippen LogP contribution in [0.5, 0.6) is 0 Å². The molecule has 0 aliphatic carbocycles. The van der Waals surface area contributed by atoms with Gasteiger partial charge < -0.3 is 5.11 Å². The van der Waals surface area contributed by atoms with E-state index < -0.39 is 5.97 Å². The van der Waals surface area contributed by atoms with Crippen LogP contribution in [0, 0.1) is 5.92 Å². The second-order valence-electron chi connectivity index (χ2n) is 4.50. The predicted molar refractivity (Wildman–Crippen MR) is 67.1 cm³/mol. The summed E-state index contributed by atoms with van der Waals surface area (Å²) < 4.78 is 0. The van der Waals surface area contributed by atoms with Gasteiger partial charge in [0.25, 0.3) is 0 Å². The number of aromatic nitrogens is 1. The van der Waals surface area contributed by atoms with Crippen molar-refractivity contribution in [1.29, 1.82) is 0 Å². The van der Waals surface area contributed by atoms with Crippen LogP contribution in [0.1, 0.15) is 30.5 Å². The molecule has 4 nitrogen and oxygen atoms in total. The SMILES string of the molecule is CCc1csc(CN2CCCC(C(=O)O)C2)n1. The van der Waals surface area contributed by atoms with Crippen LogP contribution in [0.4, 0.5) is 0 Å². The average Bonchev–Trinajstić information content (AvgIpc) is 2.77. The van der Waals surface area contributed by atoms with Gasteiger partial charge in [0.1, 0.15) is 5.01 Å². The van der Waals surface area contributed by atoms with E-state index in [1.165, 1.54) is 0 Å². The summed E-state index contributed by atoms with van der Waals surface area (Å²) in [7, 11) is 0. The fraction of sp³-hybridized carbons (Fsp3) is 0.667. The van der Waals surface area contributed by atoms with Crippen molar-refractivity contribution in [3.8, 4) is 0 Å². The minimum Gasteiger partial charge on any atom is -0.481 e. The van der Waals surface area contributed by atoms with Gasteiger partial charge >= 0.3 is 5.97 Å². The summed E-state index contributed by atoms with van der Waals surface area (Å²) in [5, 5.41) is 12.2. The van der Waals surface area contributed by atoms with Crippen molar-refractivity contribution >= 4 is 17.3 Å². The Balaban J connectivity index is 1.92. The van der Waals surface area contributed by atoms with Crippen LogP contribution in [0.3, 0.4) is 0 Å². The quantitative estimate of drug-likeness (QED) is 0.893. The molecule has 94 valence electrons. The Hall–Kier alpha value is -0.940. The molecule has 1 N–H and O–H groups in total. The van der Waals surface area contributed by atoms with Crippen LogP contribution in [-0.4, -0.2) is 34.0 Å². The summed E-state index contributed by atoms with van der Waals surface area (Å²) in [5.74, 6) is -0.863. The molecule has 1 aromatic rings. The second-order valence-corrected chi connectivity index (χ2v) is 5.44. The van der Waals surface area contributed by atoms with Gasteiger partial charge in [-0.05, 0) is 25.8 Å². The zero-order valence-electron chi connectivity index (χ0n) is 10.1. The molecule has 1 aliphatic rings. The number of nitrogens with zero attached hydrogens (tertiary/aromatic N) is 2. The number of carboxylic acids is 1. The van der Waals surface area contributed by atoms with Gasteiger partial charge in [-0.2, -0.15) is 0 Å². The molecule has 5 heteroatoms. The first kappa shape index (κ1) is 12.5. The number of carboxylic acid groups (broad SMARTS) is 1. The molecule has 0 radical (unpaired) electrons. The lowest BCUT2D eigenvalue weighted by atomic mass is 9.98. The number of aliphatic carboxylic acids is 1. The zero-order chi connectivity index (χ0) is 12.3. The molecule has 1 fully saturated rings. The van der Waals surface area contributed by atoms with Crippen molar-refractivity contribution in [2.75, 3.05) is 13.1 Å². The molecular formula is C12H18N2O2S. The fourth-order valence-corrected chi connectivity index (χ4v) is 3.09. The summed E-state index contributed by atoms with van der Waals surface area (Å²) in [6.45, 7) is 4.55. The van der Waals surface area contributed by atoms with E-state index in [-0.39, 0.29) is 5.92 Å². The summed E-state index contributed by atoms with van der Waals surface area (Å²) >= 11 is 1.68. The Morgan fingerprint density at radius 2 is 2.53 bits per heavy atom. The van der Waals surface area contributed by atoms with Gasteiger partial charge in [-0.1, -0.05) is 6.92 Å². The molecule has 0 bridgehead atoms. The average molecular weight is 254 g/mol. The van der Waals surface area contributed by atoms with E-state index in [1.54, 1.807) is 11.3 Å². The molecule has 1 aromatic heterocycles. The summed E-state index contributed by atoms with van der Waals surface area (Å²) in [5.41, 5.74) is 1.14. The van der Waals surface area contributed by atoms with Gasteiger partial charge in [-0.3, -0.25) is 9.69 Å². The molecule has 1 unspecified atom stereocenters. The Morgan fingerprint density at radius 1 is 1.71 bits per heavy atom. The van der Waals surface area contributed by atoms with Crippen LogP contribution in [0.15, 0.2) is 5.38 Å². The van der Waals surface area contributed by atoms with Crippen molar-refractivity contribution in [2.24, 2.45) is 5.92 Å². The molecule has 0 amide bonds. The lowest BCUT2D eigenvalue weighted by molar-refractivity contribution is -0.143. The van der Waals surface area contributed by atoms with E-state index in [4.69, 9.17) is 5.11 Å². The van der Waals surface area contributed by atoms with Crippen molar-refractivity contribution in [2.45, 2.75) is 32.7 Å². The van der Waals surface area contributed by atoms with E-state index in [2.05, 4.69) is 22.2 Å². The Labute approximate surface area is 105 Å². The lowest BCUT2D eigenvalue weighted by Gasteiger charge is -2.29. The molecule has 1 saturated heterocycles. The highest BCUT2D eigenvalue weighted by Crippen LogP contribution is 2.20. The number of carbonyl (C=O) groups is 1. The molecule has 0 aromatic carbocycles. The smallest absolute Gasteiger partial charge is 0.307 e. The Bertz CT molecular complexity index is 392. The third-order valence-corrected chi connectivity index (χ3v) is 4.06. The summed E-state index contributed by atoms with van der Waals surface area (Å²) in [6.07, 6.45) is 2.75. The molecule has 0 spiro atoms. The van der Waals surface area contributed by atoms with Crippen LogP contribution in [-0.2, 0) is 17.8 Å². The minimum atomic E-state index is -0.664. The van der Waals surface area contributed by atoms with Crippen LogP contribution < -0.4 is 0 Å². The Kier molecular flexibility index (Phi) is 4.12. The van der Waals surface area contributed by atoms with Gasteiger partial charge in [0.15, 0.2) is 0 Å². The molecule has 0 saturated carbocycles. The number of piperidine rings is 1. The summed E-state index contributed by atoms with van der Waals surface area (Å²) in [6, 6.07) is 0. The van der Waals surface area contributed by atoms with Gasteiger partial charge in [-0.15, -0.1) is 11.3 Å². The minimum absolute atomic E-state index is 0.200.